The van der Waals surface area contributed by atoms with E-state index in [1.165, 1.54) is 0 Å². The maximum Gasteiger partial charge on any atom is 0.187 e. The highest BCUT2D eigenvalue weighted by Gasteiger charge is 2.06. The summed E-state index contributed by atoms with van der Waals surface area (Å²) < 4.78 is 0. The fourth-order valence-corrected chi connectivity index (χ4v) is 1.20. The van der Waals surface area contributed by atoms with Gasteiger partial charge in [-0.3, -0.25) is 9.78 Å². The topological polar surface area (TPSA) is 33.2 Å². The third kappa shape index (κ3) is 3.20. The average molecular weight is 204 g/mol. The summed E-state index contributed by atoms with van der Waals surface area (Å²) in [5.74, 6) is 0.0201. The first kappa shape index (κ1) is 11.4. The smallest absolute Gasteiger partial charge is 0.187 e. The van der Waals surface area contributed by atoms with Crippen LogP contribution in [0.25, 0.3) is 0 Å². The van der Waals surface area contributed by atoms with Crippen LogP contribution in [0.5, 0.6) is 0 Å². The van der Waals surface area contributed by atoms with Crippen molar-refractivity contribution in [3.05, 3.63) is 41.4 Å². The molecule has 0 N–H and O–H groups in total. The second-order valence-electron chi connectivity index (χ2n) is 3.78. The number of hydrogen-bond acceptors (Lipinski definition) is 3. The number of aromatic nitrogens is 1. The predicted octanol–water partition coefficient (Wildman–Crippen LogP) is 1.96. The van der Waals surface area contributed by atoms with Gasteiger partial charge in [0, 0.05) is 43.8 Å². The molecule has 0 aliphatic rings. The zero-order chi connectivity index (χ0) is 11.4. The Balaban J connectivity index is 2.96. The van der Waals surface area contributed by atoms with E-state index in [1.54, 1.807) is 18.5 Å². The molecule has 15 heavy (non-hydrogen) atoms. The number of ketones is 1. The molecule has 0 saturated heterocycles. The van der Waals surface area contributed by atoms with Gasteiger partial charge in [-0.1, -0.05) is 0 Å². The molecule has 0 unspecified atom stereocenters. The van der Waals surface area contributed by atoms with Crippen LogP contribution < -0.4 is 0 Å². The normalized spacial score (nSPS) is 10.7. The van der Waals surface area contributed by atoms with Gasteiger partial charge in [-0.25, -0.2) is 0 Å². The summed E-state index contributed by atoms with van der Waals surface area (Å²) in [7, 11) is 3.77. The van der Waals surface area contributed by atoms with Crippen molar-refractivity contribution in [1.82, 2.24) is 9.88 Å². The highest BCUT2D eigenvalue weighted by atomic mass is 16.1. The first-order valence-corrected chi connectivity index (χ1v) is 4.83. The minimum absolute atomic E-state index is 0.0201. The molecular formula is C12H16N2O. The molecule has 0 atom stereocenters. The van der Waals surface area contributed by atoms with Gasteiger partial charge in [0.05, 0.1) is 0 Å². The van der Waals surface area contributed by atoms with Crippen LogP contribution in [-0.2, 0) is 0 Å². The maximum atomic E-state index is 11.8. The van der Waals surface area contributed by atoms with Crippen molar-refractivity contribution in [2.75, 3.05) is 14.1 Å². The van der Waals surface area contributed by atoms with Gasteiger partial charge < -0.3 is 4.90 Å². The third-order valence-electron chi connectivity index (χ3n) is 2.03. The molecule has 0 aromatic carbocycles. The van der Waals surface area contributed by atoms with E-state index in [0.717, 1.165) is 16.8 Å². The van der Waals surface area contributed by atoms with E-state index in [4.69, 9.17) is 0 Å². The van der Waals surface area contributed by atoms with Crippen LogP contribution in [0.15, 0.2) is 24.5 Å². The number of hydrogen-bond donors (Lipinski definition) is 0. The number of rotatable bonds is 3. The van der Waals surface area contributed by atoms with Crippen molar-refractivity contribution in [2.24, 2.45) is 0 Å². The maximum absolute atomic E-state index is 11.8. The van der Waals surface area contributed by atoms with E-state index in [1.807, 2.05) is 38.9 Å². The van der Waals surface area contributed by atoms with E-state index >= 15 is 0 Å². The van der Waals surface area contributed by atoms with Crippen molar-refractivity contribution in [1.29, 1.82) is 0 Å². The Kier molecular flexibility index (Phi) is 3.61. The lowest BCUT2D eigenvalue weighted by Crippen LogP contribution is -2.04. The molecule has 3 nitrogen and oxygen atoms in total. The zero-order valence-electron chi connectivity index (χ0n) is 9.61. The van der Waals surface area contributed by atoms with E-state index < -0.39 is 0 Å². The van der Waals surface area contributed by atoms with Crippen molar-refractivity contribution < 1.29 is 4.79 Å². The number of carbonyl (C=O) groups excluding carboxylic acids is 1. The molecule has 0 bridgehead atoms. The zero-order valence-corrected chi connectivity index (χ0v) is 9.61. The summed E-state index contributed by atoms with van der Waals surface area (Å²) in [4.78, 5) is 17.7. The summed E-state index contributed by atoms with van der Waals surface area (Å²) >= 11 is 0. The standard InChI is InChI=1S/C12H16N2O/c1-9-8-13-10(2)7-11(9)12(15)5-6-14(3)4/h5-8H,1-4H3/b6-5+. The molecule has 1 aromatic rings. The van der Waals surface area contributed by atoms with Crippen LogP contribution in [-0.4, -0.2) is 29.8 Å². The lowest BCUT2D eigenvalue weighted by atomic mass is 10.1. The molecule has 1 aromatic heterocycles. The molecule has 0 aliphatic heterocycles. The lowest BCUT2D eigenvalue weighted by Gasteiger charge is -2.05. The Hall–Kier alpha value is -1.64. The number of carbonyl (C=O) groups is 1. The van der Waals surface area contributed by atoms with Crippen molar-refractivity contribution in [3.8, 4) is 0 Å². The van der Waals surface area contributed by atoms with Gasteiger partial charge in [-0.2, -0.15) is 0 Å². The van der Waals surface area contributed by atoms with Crippen LogP contribution in [0.1, 0.15) is 21.6 Å². The first-order chi connectivity index (χ1) is 7.00. The third-order valence-corrected chi connectivity index (χ3v) is 2.03. The van der Waals surface area contributed by atoms with Crippen LogP contribution in [0, 0.1) is 13.8 Å². The summed E-state index contributed by atoms with van der Waals surface area (Å²) in [5.41, 5.74) is 2.50. The Bertz CT molecular complexity index is 395. The Morgan fingerprint density at radius 3 is 2.67 bits per heavy atom. The summed E-state index contributed by atoms with van der Waals surface area (Å²) in [6, 6.07) is 1.82. The van der Waals surface area contributed by atoms with Crippen LogP contribution in [0.2, 0.25) is 0 Å². The van der Waals surface area contributed by atoms with Crippen LogP contribution in [0.3, 0.4) is 0 Å². The number of pyridine rings is 1. The minimum atomic E-state index is 0.0201. The Morgan fingerprint density at radius 1 is 1.40 bits per heavy atom. The van der Waals surface area contributed by atoms with Gasteiger partial charge in [-0.05, 0) is 25.5 Å². The average Bonchev–Trinajstić information content (AvgIpc) is 2.18. The minimum Gasteiger partial charge on any atom is -0.383 e. The summed E-state index contributed by atoms with van der Waals surface area (Å²) in [6.45, 7) is 3.77. The fraction of sp³-hybridized carbons (Fsp3) is 0.333. The molecule has 0 fully saturated rings. The lowest BCUT2D eigenvalue weighted by molar-refractivity contribution is 0.104. The summed E-state index contributed by atoms with van der Waals surface area (Å²) in [6.07, 6.45) is 5.05. The highest BCUT2D eigenvalue weighted by Crippen LogP contribution is 2.09. The van der Waals surface area contributed by atoms with E-state index in [9.17, 15) is 4.79 Å². The van der Waals surface area contributed by atoms with E-state index in [0.29, 0.717) is 0 Å². The number of allylic oxidation sites excluding steroid dienone is 1. The van der Waals surface area contributed by atoms with Crippen molar-refractivity contribution >= 4 is 5.78 Å². The van der Waals surface area contributed by atoms with Crippen molar-refractivity contribution in [3.63, 3.8) is 0 Å². The van der Waals surface area contributed by atoms with E-state index in [2.05, 4.69) is 4.98 Å². The second kappa shape index (κ2) is 4.73. The molecule has 0 spiro atoms. The molecular weight excluding hydrogens is 188 g/mol. The molecule has 0 saturated carbocycles. The Morgan fingerprint density at radius 2 is 2.07 bits per heavy atom. The second-order valence-corrected chi connectivity index (χ2v) is 3.78. The molecule has 0 aliphatic carbocycles. The molecule has 0 amide bonds. The number of nitrogens with zero attached hydrogens (tertiary/aromatic N) is 2. The van der Waals surface area contributed by atoms with Gasteiger partial charge in [0.1, 0.15) is 0 Å². The van der Waals surface area contributed by atoms with Crippen LogP contribution in [0.4, 0.5) is 0 Å². The quantitative estimate of drug-likeness (QED) is 0.557. The molecule has 0 radical (unpaired) electrons. The molecule has 80 valence electrons. The van der Waals surface area contributed by atoms with Crippen molar-refractivity contribution in [2.45, 2.75) is 13.8 Å². The van der Waals surface area contributed by atoms with Gasteiger partial charge in [0.15, 0.2) is 5.78 Å². The highest BCUT2D eigenvalue weighted by molar-refractivity contribution is 6.05. The largest absolute Gasteiger partial charge is 0.383 e. The van der Waals surface area contributed by atoms with Gasteiger partial charge >= 0.3 is 0 Å². The summed E-state index contributed by atoms with van der Waals surface area (Å²) in [5, 5.41) is 0. The van der Waals surface area contributed by atoms with Gasteiger partial charge in [0.2, 0.25) is 0 Å². The number of aryl methyl sites for hydroxylation is 2. The van der Waals surface area contributed by atoms with Crippen LogP contribution >= 0.6 is 0 Å². The SMILES string of the molecule is Cc1cc(C(=O)/C=C/N(C)C)c(C)cn1. The first-order valence-electron chi connectivity index (χ1n) is 4.83. The van der Waals surface area contributed by atoms with Gasteiger partial charge in [-0.15, -0.1) is 0 Å². The molecule has 3 heteroatoms. The fourth-order valence-electron chi connectivity index (χ4n) is 1.20. The monoisotopic (exact) mass is 204 g/mol. The van der Waals surface area contributed by atoms with E-state index in [-0.39, 0.29) is 5.78 Å². The molecule has 1 rings (SSSR count). The van der Waals surface area contributed by atoms with Gasteiger partial charge in [0.25, 0.3) is 0 Å². The predicted molar refractivity (Wildman–Crippen MR) is 60.9 cm³/mol. The Labute approximate surface area is 90.4 Å². The molecule has 1 heterocycles.